The van der Waals surface area contributed by atoms with Crippen molar-refractivity contribution in [3.63, 3.8) is 0 Å². The molecule has 1 aliphatic rings. The topological polar surface area (TPSA) is 66.0 Å². The maximum atomic E-state index is 11.6. The van der Waals surface area contributed by atoms with Crippen LogP contribution in [-0.4, -0.2) is 56.6 Å². The predicted octanol–water partition coefficient (Wildman–Crippen LogP) is 2.20. The zero-order valence-electron chi connectivity index (χ0n) is 16.1. The van der Waals surface area contributed by atoms with Gasteiger partial charge in [0, 0.05) is 39.1 Å². The Kier molecular flexibility index (Phi) is 8.79. The summed E-state index contributed by atoms with van der Waals surface area (Å²) < 4.78 is 5.26. The van der Waals surface area contributed by atoms with Gasteiger partial charge in [0.25, 0.3) is 0 Å². The number of aryl methyl sites for hydroxylation is 1. The number of benzene rings is 1. The maximum absolute atomic E-state index is 11.6. The van der Waals surface area contributed by atoms with E-state index in [1.807, 2.05) is 17.0 Å². The highest BCUT2D eigenvalue weighted by molar-refractivity contribution is 5.79. The minimum absolute atomic E-state index is 0.288. The van der Waals surface area contributed by atoms with Gasteiger partial charge in [-0.1, -0.05) is 12.1 Å². The molecule has 1 amide bonds. The fourth-order valence-electron chi connectivity index (χ4n) is 3.06. The van der Waals surface area contributed by atoms with Gasteiger partial charge >= 0.3 is 0 Å². The molecule has 0 radical (unpaired) electrons. The van der Waals surface area contributed by atoms with Crippen LogP contribution in [0.4, 0.5) is 0 Å². The summed E-state index contributed by atoms with van der Waals surface area (Å²) in [5.41, 5.74) is 1.28. The van der Waals surface area contributed by atoms with Gasteiger partial charge in [-0.3, -0.25) is 9.79 Å². The summed E-state index contributed by atoms with van der Waals surface area (Å²) >= 11 is 0. The molecule has 0 saturated carbocycles. The second kappa shape index (κ2) is 11.4. The number of carbonyl (C=O) groups is 1. The van der Waals surface area contributed by atoms with E-state index in [1.165, 1.54) is 5.56 Å². The minimum atomic E-state index is 0.288. The van der Waals surface area contributed by atoms with Crippen molar-refractivity contribution in [3.8, 4) is 5.75 Å². The molecule has 1 heterocycles. The zero-order valence-corrected chi connectivity index (χ0v) is 16.1. The van der Waals surface area contributed by atoms with E-state index >= 15 is 0 Å². The Morgan fingerprint density at radius 3 is 2.92 bits per heavy atom. The van der Waals surface area contributed by atoms with E-state index in [0.717, 1.165) is 70.1 Å². The molecule has 6 nitrogen and oxygen atoms in total. The first-order valence-corrected chi connectivity index (χ1v) is 9.66. The summed E-state index contributed by atoms with van der Waals surface area (Å²) in [6.45, 7) is 6.23. The van der Waals surface area contributed by atoms with E-state index in [4.69, 9.17) is 4.74 Å². The fraction of sp³-hybridized carbons (Fsp3) is 0.600. The minimum Gasteiger partial charge on any atom is -0.497 e. The third kappa shape index (κ3) is 6.94. The number of carbonyl (C=O) groups excluding carboxylic acids is 1. The molecule has 1 fully saturated rings. The lowest BCUT2D eigenvalue weighted by atomic mass is 10.1. The molecular weight excluding hydrogens is 328 g/mol. The Morgan fingerprint density at radius 1 is 1.31 bits per heavy atom. The van der Waals surface area contributed by atoms with Gasteiger partial charge in [-0.15, -0.1) is 0 Å². The summed E-state index contributed by atoms with van der Waals surface area (Å²) in [6, 6.07) is 8.20. The number of methoxy groups -OCH3 is 1. The SMILES string of the molecule is CCNC(=NCCCN1CCCC1=O)NCCCc1cccc(OC)c1. The molecular formula is C20H32N4O2. The van der Waals surface area contributed by atoms with Crippen LogP contribution in [0, 0.1) is 0 Å². The molecule has 0 unspecified atom stereocenters. The molecule has 6 heteroatoms. The summed E-state index contributed by atoms with van der Waals surface area (Å²) in [6.07, 6.45) is 4.65. The molecule has 1 aromatic rings. The Morgan fingerprint density at radius 2 is 2.19 bits per heavy atom. The Balaban J connectivity index is 1.66. The average Bonchev–Trinajstić information content (AvgIpc) is 3.07. The van der Waals surface area contributed by atoms with E-state index in [1.54, 1.807) is 7.11 Å². The number of nitrogens with zero attached hydrogens (tertiary/aromatic N) is 2. The molecule has 0 bridgehead atoms. The second-order valence-corrected chi connectivity index (χ2v) is 6.48. The number of hydrogen-bond acceptors (Lipinski definition) is 3. The summed E-state index contributed by atoms with van der Waals surface area (Å²) in [7, 11) is 1.69. The maximum Gasteiger partial charge on any atom is 0.222 e. The molecule has 1 aromatic carbocycles. The number of guanidine groups is 1. The van der Waals surface area contributed by atoms with Crippen LogP contribution in [0.15, 0.2) is 29.3 Å². The van der Waals surface area contributed by atoms with Gasteiger partial charge in [0.2, 0.25) is 5.91 Å². The molecule has 1 saturated heterocycles. The van der Waals surface area contributed by atoms with Gasteiger partial charge in [-0.2, -0.15) is 0 Å². The van der Waals surface area contributed by atoms with E-state index < -0.39 is 0 Å². The number of rotatable bonds is 10. The largest absolute Gasteiger partial charge is 0.497 e. The predicted molar refractivity (Wildman–Crippen MR) is 106 cm³/mol. The molecule has 0 atom stereocenters. The molecule has 1 aliphatic heterocycles. The van der Waals surface area contributed by atoms with Crippen LogP contribution in [0.2, 0.25) is 0 Å². The Hall–Kier alpha value is -2.24. The second-order valence-electron chi connectivity index (χ2n) is 6.48. The lowest BCUT2D eigenvalue weighted by Gasteiger charge is -2.15. The highest BCUT2D eigenvalue weighted by Crippen LogP contribution is 2.13. The van der Waals surface area contributed by atoms with Crippen LogP contribution < -0.4 is 15.4 Å². The molecule has 2 rings (SSSR count). The van der Waals surface area contributed by atoms with E-state index in [-0.39, 0.29) is 5.91 Å². The van der Waals surface area contributed by atoms with Crippen molar-refractivity contribution in [2.45, 2.75) is 39.0 Å². The zero-order chi connectivity index (χ0) is 18.6. The standard InChI is InChI=1S/C20H32N4O2/c1-3-21-20(23-13-7-15-24-14-6-11-19(24)25)22-12-5-9-17-8-4-10-18(16-17)26-2/h4,8,10,16H,3,5-7,9,11-15H2,1-2H3,(H2,21,22,23). The van der Waals surface area contributed by atoms with Crippen molar-refractivity contribution >= 4 is 11.9 Å². The van der Waals surface area contributed by atoms with Gasteiger partial charge in [-0.05, 0) is 50.3 Å². The third-order valence-electron chi connectivity index (χ3n) is 4.44. The molecule has 26 heavy (non-hydrogen) atoms. The van der Waals surface area contributed by atoms with Gasteiger partial charge in [-0.25, -0.2) is 0 Å². The first-order chi connectivity index (χ1) is 12.7. The van der Waals surface area contributed by atoms with Gasteiger partial charge in [0.15, 0.2) is 5.96 Å². The van der Waals surface area contributed by atoms with Crippen molar-refractivity contribution < 1.29 is 9.53 Å². The first-order valence-electron chi connectivity index (χ1n) is 9.66. The van der Waals surface area contributed by atoms with Gasteiger partial charge in [0.1, 0.15) is 5.75 Å². The van der Waals surface area contributed by atoms with E-state index in [9.17, 15) is 4.79 Å². The highest BCUT2D eigenvalue weighted by Gasteiger charge is 2.18. The molecule has 144 valence electrons. The first kappa shape index (κ1) is 20.1. The number of ether oxygens (including phenoxy) is 1. The number of amides is 1. The smallest absolute Gasteiger partial charge is 0.222 e. The summed E-state index contributed by atoms with van der Waals surface area (Å²) in [5, 5.41) is 6.66. The third-order valence-corrected chi connectivity index (χ3v) is 4.44. The van der Waals surface area contributed by atoms with Crippen molar-refractivity contribution in [1.29, 1.82) is 0 Å². The van der Waals surface area contributed by atoms with Crippen LogP contribution in [0.1, 0.15) is 38.2 Å². The quantitative estimate of drug-likeness (QED) is 0.381. The summed E-state index contributed by atoms with van der Waals surface area (Å²) in [4.78, 5) is 18.2. The van der Waals surface area contributed by atoms with Crippen molar-refractivity contribution in [2.24, 2.45) is 4.99 Å². The van der Waals surface area contributed by atoms with Gasteiger partial charge in [0.05, 0.1) is 7.11 Å². The van der Waals surface area contributed by atoms with Crippen LogP contribution in [0.25, 0.3) is 0 Å². The Bertz CT molecular complexity index is 589. The van der Waals surface area contributed by atoms with Crippen molar-refractivity contribution in [1.82, 2.24) is 15.5 Å². The molecule has 2 N–H and O–H groups in total. The van der Waals surface area contributed by atoms with Crippen LogP contribution in [-0.2, 0) is 11.2 Å². The monoisotopic (exact) mass is 360 g/mol. The molecule has 0 spiro atoms. The molecule has 0 aromatic heterocycles. The Labute approximate surface area is 157 Å². The molecule has 0 aliphatic carbocycles. The average molecular weight is 361 g/mol. The normalized spacial score (nSPS) is 14.6. The van der Waals surface area contributed by atoms with E-state index in [0.29, 0.717) is 6.42 Å². The van der Waals surface area contributed by atoms with Crippen LogP contribution in [0.3, 0.4) is 0 Å². The number of hydrogen-bond donors (Lipinski definition) is 2. The lowest BCUT2D eigenvalue weighted by molar-refractivity contribution is -0.127. The fourth-order valence-corrected chi connectivity index (χ4v) is 3.06. The summed E-state index contributed by atoms with van der Waals surface area (Å²) in [5.74, 6) is 2.05. The number of aliphatic imine (C=N–C) groups is 1. The van der Waals surface area contributed by atoms with Crippen molar-refractivity contribution in [2.75, 3.05) is 39.8 Å². The van der Waals surface area contributed by atoms with Crippen LogP contribution >= 0.6 is 0 Å². The number of nitrogens with one attached hydrogen (secondary N) is 2. The number of likely N-dealkylation sites (tertiary alicyclic amines) is 1. The van der Waals surface area contributed by atoms with Gasteiger partial charge < -0.3 is 20.3 Å². The van der Waals surface area contributed by atoms with Crippen LogP contribution in [0.5, 0.6) is 5.75 Å². The van der Waals surface area contributed by atoms with E-state index in [2.05, 4.69) is 34.7 Å². The highest BCUT2D eigenvalue weighted by atomic mass is 16.5. The van der Waals surface area contributed by atoms with Crippen molar-refractivity contribution in [3.05, 3.63) is 29.8 Å². The lowest BCUT2D eigenvalue weighted by Crippen LogP contribution is -2.38.